The first kappa shape index (κ1) is 23.8. The molecule has 8 nitrogen and oxygen atoms in total. The molecule has 0 amide bonds. The molecule has 172 valence electrons. The topological polar surface area (TPSA) is 91.4 Å². The minimum absolute atomic E-state index is 0.0612. The largest absolute Gasteiger partial charge is 0.515 e. The van der Waals surface area contributed by atoms with Gasteiger partial charge < -0.3 is 18.5 Å². The zero-order valence-corrected chi connectivity index (χ0v) is 19.1. The van der Waals surface area contributed by atoms with Crippen LogP contribution in [0.1, 0.15) is 20.3 Å². The molecule has 0 aliphatic carbocycles. The number of hydrogen-bond donors (Lipinski definition) is 0. The molecule has 0 saturated carbocycles. The van der Waals surface area contributed by atoms with Crippen LogP contribution in [0, 0.1) is 11.8 Å². The van der Waals surface area contributed by atoms with Crippen molar-refractivity contribution in [3.63, 3.8) is 0 Å². The van der Waals surface area contributed by atoms with E-state index >= 15 is 0 Å². The second-order valence-corrected chi connectivity index (χ2v) is 9.15. The van der Waals surface area contributed by atoms with Gasteiger partial charge in [-0.05, 0) is 44.5 Å². The van der Waals surface area contributed by atoms with E-state index in [0.717, 1.165) is 0 Å². The molecule has 0 aromatic heterocycles. The van der Waals surface area contributed by atoms with Gasteiger partial charge in [-0.15, -0.1) is 0 Å². The minimum Gasteiger partial charge on any atom is -0.466 e. The Hall–Kier alpha value is -2.83. The molecule has 1 saturated heterocycles. The Labute approximate surface area is 188 Å². The van der Waals surface area contributed by atoms with Crippen molar-refractivity contribution in [1.29, 1.82) is 0 Å². The third-order valence-electron chi connectivity index (χ3n) is 4.95. The summed E-state index contributed by atoms with van der Waals surface area (Å²) < 4.78 is 37.7. The van der Waals surface area contributed by atoms with Gasteiger partial charge in [0.25, 0.3) is 0 Å². The van der Waals surface area contributed by atoms with Crippen LogP contribution in [0.2, 0.25) is 0 Å². The smallest absolute Gasteiger partial charge is 0.466 e. The summed E-state index contributed by atoms with van der Waals surface area (Å²) in [6, 6.07) is 17.3. The van der Waals surface area contributed by atoms with Crippen molar-refractivity contribution in [1.82, 2.24) is 4.67 Å². The molecule has 2 atom stereocenters. The third kappa shape index (κ3) is 6.11. The molecular weight excluding hydrogens is 433 g/mol. The zero-order chi connectivity index (χ0) is 23.0. The van der Waals surface area contributed by atoms with Gasteiger partial charge >= 0.3 is 19.7 Å². The number of nitrogens with zero attached hydrogens (tertiary/aromatic N) is 1. The van der Waals surface area contributed by atoms with Crippen LogP contribution in [0.5, 0.6) is 11.5 Å². The molecule has 1 heterocycles. The quantitative estimate of drug-likeness (QED) is 0.403. The average molecular weight is 461 g/mol. The Morgan fingerprint density at radius 3 is 1.59 bits per heavy atom. The summed E-state index contributed by atoms with van der Waals surface area (Å²) in [5.74, 6) is -1.58. The highest BCUT2D eigenvalue weighted by Crippen LogP contribution is 2.54. The lowest BCUT2D eigenvalue weighted by atomic mass is 9.90. The molecule has 3 rings (SSSR count). The molecular formula is C23H28NO7P. The number of esters is 2. The number of para-hydroxylation sites is 2. The van der Waals surface area contributed by atoms with Crippen LogP contribution < -0.4 is 9.05 Å². The molecule has 2 aromatic rings. The molecule has 2 aromatic carbocycles. The summed E-state index contributed by atoms with van der Waals surface area (Å²) in [5, 5.41) is 0. The number of rotatable bonds is 9. The van der Waals surface area contributed by atoms with Crippen LogP contribution in [-0.4, -0.2) is 42.9 Å². The van der Waals surface area contributed by atoms with Gasteiger partial charge in [0, 0.05) is 13.1 Å². The van der Waals surface area contributed by atoms with E-state index in [1.807, 2.05) is 12.1 Å². The highest BCUT2D eigenvalue weighted by atomic mass is 31.2. The molecule has 0 bridgehead atoms. The lowest BCUT2D eigenvalue weighted by Gasteiger charge is -2.38. The normalized spacial score (nSPS) is 19.1. The second kappa shape index (κ2) is 11.2. The van der Waals surface area contributed by atoms with E-state index in [-0.39, 0.29) is 32.7 Å². The number of carbonyl (C=O) groups is 2. The van der Waals surface area contributed by atoms with Gasteiger partial charge in [-0.2, -0.15) is 4.67 Å². The van der Waals surface area contributed by atoms with Crippen LogP contribution in [0.15, 0.2) is 60.7 Å². The summed E-state index contributed by atoms with van der Waals surface area (Å²) in [4.78, 5) is 25.1. The number of carbonyl (C=O) groups excluding carboxylic acids is 2. The first-order valence-corrected chi connectivity index (χ1v) is 12.1. The Morgan fingerprint density at radius 2 is 1.22 bits per heavy atom. The summed E-state index contributed by atoms with van der Waals surface area (Å²) in [7, 11) is -4.01. The molecule has 9 heteroatoms. The van der Waals surface area contributed by atoms with E-state index in [1.54, 1.807) is 62.4 Å². The molecule has 32 heavy (non-hydrogen) atoms. The Bertz CT molecular complexity index is 866. The summed E-state index contributed by atoms with van der Waals surface area (Å²) in [6.45, 7) is 3.96. The first-order valence-electron chi connectivity index (χ1n) is 10.6. The maximum Gasteiger partial charge on any atom is 0.515 e. The fourth-order valence-electron chi connectivity index (χ4n) is 3.50. The predicted molar refractivity (Wildman–Crippen MR) is 118 cm³/mol. The van der Waals surface area contributed by atoms with Crippen molar-refractivity contribution in [2.24, 2.45) is 11.8 Å². The number of ether oxygens (including phenoxy) is 2. The van der Waals surface area contributed by atoms with Gasteiger partial charge in [-0.3, -0.25) is 9.59 Å². The maximum atomic E-state index is 14.1. The second-order valence-electron chi connectivity index (χ2n) is 7.28. The van der Waals surface area contributed by atoms with E-state index in [1.165, 1.54) is 4.67 Å². The van der Waals surface area contributed by atoms with Crippen LogP contribution in [0.25, 0.3) is 0 Å². The van der Waals surface area contributed by atoms with Crippen molar-refractivity contribution in [2.75, 3.05) is 26.3 Å². The van der Waals surface area contributed by atoms with Gasteiger partial charge in [0.1, 0.15) is 11.5 Å². The van der Waals surface area contributed by atoms with E-state index in [0.29, 0.717) is 11.5 Å². The molecule has 1 aliphatic rings. The van der Waals surface area contributed by atoms with E-state index in [2.05, 4.69) is 0 Å². The molecule has 0 spiro atoms. The summed E-state index contributed by atoms with van der Waals surface area (Å²) in [6.07, 6.45) is 0.241. The fourth-order valence-corrected chi connectivity index (χ4v) is 5.34. The Kier molecular flexibility index (Phi) is 8.31. The summed E-state index contributed by atoms with van der Waals surface area (Å²) in [5.41, 5.74) is 0. The first-order chi connectivity index (χ1) is 15.4. The molecule has 0 radical (unpaired) electrons. The zero-order valence-electron chi connectivity index (χ0n) is 18.2. The Morgan fingerprint density at radius 1 is 0.812 bits per heavy atom. The molecule has 1 fully saturated rings. The van der Waals surface area contributed by atoms with Crippen LogP contribution in [0.3, 0.4) is 0 Å². The highest BCUT2D eigenvalue weighted by molar-refractivity contribution is 7.52. The van der Waals surface area contributed by atoms with Gasteiger partial charge in [-0.25, -0.2) is 4.57 Å². The highest BCUT2D eigenvalue weighted by Gasteiger charge is 2.47. The average Bonchev–Trinajstić information content (AvgIpc) is 2.80. The molecule has 1 aliphatic heterocycles. The molecule has 2 unspecified atom stereocenters. The van der Waals surface area contributed by atoms with Gasteiger partial charge in [0.05, 0.1) is 25.0 Å². The lowest BCUT2D eigenvalue weighted by Crippen LogP contribution is -2.46. The molecule has 0 N–H and O–H groups in total. The number of benzene rings is 2. The van der Waals surface area contributed by atoms with Crippen molar-refractivity contribution < 1.29 is 32.7 Å². The number of piperidine rings is 1. The third-order valence-corrected chi connectivity index (χ3v) is 6.85. The number of hydrogen-bond acceptors (Lipinski definition) is 7. The van der Waals surface area contributed by atoms with Crippen molar-refractivity contribution >= 4 is 19.7 Å². The van der Waals surface area contributed by atoms with Crippen molar-refractivity contribution in [3.8, 4) is 11.5 Å². The van der Waals surface area contributed by atoms with Gasteiger partial charge in [0.15, 0.2) is 0 Å². The standard InChI is InChI=1S/C23H28NO7P/c1-3-28-22(25)18-15-19(23(26)29-4-2)17-24(16-18)32(27,30-20-11-7-5-8-12-20)31-21-13-9-6-10-14-21/h5-14,18-19H,3-4,15-17H2,1-2H3. The fraction of sp³-hybridized carbons (Fsp3) is 0.391. The van der Waals surface area contributed by atoms with E-state index in [9.17, 15) is 14.2 Å². The van der Waals surface area contributed by atoms with E-state index in [4.69, 9.17) is 18.5 Å². The van der Waals surface area contributed by atoms with Gasteiger partial charge in [-0.1, -0.05) is 36.4 Å². The van der Waals surface area contributed by atoms with Gasteiger partial charge in [0.2, 0.25) is 0 Å². The summed E-state index contributed by atoms with van der Waals surface area (Å²) >= 11 is 0. The van der Waals surface area contributed by atoms with Crippen molar-refractivity contribution in [3.05, 3.63) is 60.7 Å². The van der Waals surface area contributed by atoms with Crippen LogP contribution >= 0.6 is 7.75 Å². The van der Waals surface area contributed by atoms with Crippen molar-refractivity contribution in [2.45, 2.75) is 20.3 Å². The maximum absolute atomic E-state index is 14.1. The van der Waals surface area contributed by atoms with Crippen LogP contribution in [-0.2, 0) is 23.6 Å². The SMILES string of the molecule is CCOC(=O)C1CC(C(=O)OCC)CN(P(=O)(Oc2ccccc2)Oc2ccccc2)C1. The monoisotopic (exact) mass is 461 g/mol. The van der Waals surface area contributed by atoms with Crippen LogP contribution in [0.4, 0.5) is 0 Å². The van der Waals surface area contributed by atoms with E-state index < -0.39 is 31.5 Å². The lowest BCUT2D eigenvalue weighted by molar-refractivity contribution is -0.155. The minimum atomic E-state index is -4.01. The predicted octanol–water partition coefficient (Wildman–Crippen LogP) is 4.32. The Balaban J connectivity index is 1.94.